The Hall–Kier alpha value is -1.09. The van der Waals surface area contributed by atoms with E-state index in [0.717, 1.165) is 38.3 Å². The minimum absolute atomic E-state index is 0.0895. The van der Waals surface area contributed by atoms with Gasteiger partial charge in [-0.05, 0) is 49.4 Å². The van der Waals surface area contributed by atoms with E-state index in [4.69, 9.17) is 0 Å². The molecule has 0 aliphatic carbocycles. The Bertz CT molecular complexity index is 406. The van der Waals surface area contributed by atoms with Crippen molar-refractivity contribution in [2.45, 2.75) is 39.7 Å². The highest BCUT2D eigenvalue weighted by molar-refractivity contribution is 5.50. The largest absolute Gasteiger partial charge is 0.369 e. The monoisotopic (exact) mass is 264 g/mol. The average Bonchev–Trinajstić information content (AvgIpc) is 2.41. The normalized spacial score (nSPS) is 19.7. The maximum atomic E-state index is 14.0. The second kappa shape index (κ2) is 6.90. The molecule has 1 heterocycles. The lowest BCUT2D eigenvalue weighted by Crippen LogP contribution is -2.34. The molecule has 1 N–H and O–H groups in total. The summed E-state index contributed by atoms with van der Waals surface area (Å²) >= 11 is 0. The van der Waals surface area contributed by atoms with E-state index in [2.05, 4.69) is 24.1 Å². The molecule has 3 heteroatoms. The summed E-state index contributed by atoms with van der Waals surface area (Å²) in [6.07, 6.45) is 3.55. The van der Waals surface area contributed by atoms with Crippen LogP contribution in [0.15, 0.2) is 18.2 Å². The molecular weight excluding hydrogens is 239 g/mol. The molecule has 0 bridgehead atoms. The van der Waals surface area contributed by atoms with E-state index in [1.54, 1.807) is 6.07 Å². The quantitative estimate of drug-likeness (QED) is 0.818. The fraction of sp³-hybridized carbons (Fsp3) is 0.625. The van der Waals surface area contributed by atoms with Crippen molar-refractivity contribution in [3.8, 4) is 0 Å². The van der Waals surface area contributed by atoms with Crippen molar-refractivity contribution in [1.82, 2.24) is 5.32 Å². The molecule has 0 amide bonds. The van der Waals surface area contributed by atoms with E-state index in [1.165, 1.54) is 18.4 Å². The number of benzene rings is 1. The predicted molar refractivity (Wildman–Crippen MR) is 79.0 cm³/mol. The van der Waals surface area contributed by atoms with E-state index in [9.17, 15) is 4.39 Å². The molecule has 1 unspecified atom stereocenters. The summed E-state index contributed by atoms with van der Waals surface area (Å²) in [7, 11) is 0. The van der Waals surface area contributed by atoms with Crippen LogP contribution in [0.1, 0.15) is 38.7 Å². The third kappa shape index (κ3) is 3.93. The number of hydrogen-bond acceptors (Lipinski definition) is 2. The van der Waals surface area contributed by atoms with Crippen LogP contribution >= 0.6 is 0 Å². The predicted octanol–water partition coefficient (Wildman–Crippen LogP) is 3.56. The second-order valence-corrected chi connectivity index (χ2v) is 5.66. The van der Waals surface area contributed by atoms with Gasteiger partial charge in [0.05, 0.1) is 5.69 Å². The molecule has 1 atom stereocenters. The summed E-state index contributed by atoms with van der Waals surface area (Å²) in [6, 6.07) is 5.50. The van der Waals surface area contributed by atoms with Crippen LogP contribution in [0.4, 0.5) is 10.1 Å². The maximum absolute atomic E-state index is 14.0. The van der Waals surface area contributed by atoms with Crippen LogP contribution in [0.2, 0.25) is 0 Å². The Morgan fingerprint density at radius 2 is 2.26 bits per heavy atom. The molecule has 1 aliphatic rings. The minimum atomic E-state index is -0.0895. The first-order chi connectivity index (χ1) is 9.20. The van der Waals surface area contributed by atoms with Crippen molar-refractivity contribution in [1.29, 1.82) is 0 Å². The standard InChI is InChI=1S/C16H25FN2/c1-3-8-18-11-14-6-7-15(17)16(10-14)19-9-4-5-13(2)12-19/h6-7,10,13,18H,3-5,8-9,11-12H2,1-2H3. The molecule has 2 nitrogen and oxygen atoms in total. The Kier molecular flexibility index (Phi) is 5.20. The van der Waals surface area contributed by atoms with Crippen LogP contribution in [-0.4, -0.2) is 19.6 Å². The molecule has 0 saturated carbocycles. The molecule has 0 radical (unpaired) electrons. The van der Waals surface area contributed by atoms with Crippen LogP contribution in [0.25, 0.3) is 0 Å². The third-order valence-corrected chi connectivity index (χ3v) is 3.76. The molecular formula is C16H25FN2. The number of anilines is 1. The molecule has 1 saturated heterocycles. The Morgan fingerprint density at radius 3 is 3.00 bits per heavy atom. The maximum Gasteiger partial charge on any atom is 0.146 e. The summed E-state index contributed by atoms with van der Waals surface area (Å²) in [6.45, 7) is 8.18. The van der Waals surface area contributed by atoms with Gasteiger partial charge in [0.1, 0.15) is 5.82 Å². The van der Waals surface area contributed by atoms with Gasteiger partial charge < -0.3 is 10.2 Å². The van der Waals surface area contributed by atoms with Crippen LogP contribution in [-0.2, 0) is 6.54 Å². The fourth-order valence-electron chi connectivity index (χ4n) is 2.73. The smallest absolute Gasteiger partial charge is 0.146 e. The van der Waals surface area contributed by atoms with Gasteiger partial charge in [-0.1, -0.05) is 19.9 Å². The highest BCUT2D eigenvalue weighted by Crippen LogP contribution is 2.26. The number of halogens is 1. The van der Waals surface area contributed by atoms with Crippen molar-refractivity contribution < 1.29 is 4.39 Å². The van der Waals surface area contributed by atoms with Gasteiger partial charge in [-0.25, -0.2) is 4.39 Å². The summed E-state index contributed by atoms with van der Waals surface area (Å²) in [4.78, 5) is 2.20. The Morgan fingerprint density at radius 1 is 1.42 bits per heavy atom. The summed E-state index contributed by atoms with van der Waals surface area (Å²) in [5.41, 5.74) is 1.95. The lowest BCUT2D eigenvalue weighted by Gasteiger charge is -2.33. The van der Waals surface area contributed by atoms with Gasteiger partial charge in [0.2, 0.25) is 0 Å². The first kappa shape index (κ1) is 14.3. The SMILES string of the molecule is CCCNCc1ccc(F)c(N2CCCC(C)C2)c1. The van der Waals surface area contributed by atoms with Gasteiger partial charge in [0.25, 0.3) is 0 Å². The van der Waals surface area contributed by atoms with E-state index in [1.807, 2.05) is 12.1 Å². The molecule has 19 heavy (non-hydrogen) atoms. The molecule has 1 aromatic rings. The van der Waals surface area contributed by atoms with Crippen molar-refractivity contribution in [3.05, 3.63) is 29.6 Å². The molecule has 1 fully saturated rings. The molecule has 1 aromatic carbocycles. The van der Waals surface area contributed by atoms with Crippen molar-refractivity contribution >= 4 is 5.69 Å². The molecule has 0 aromatic heterocycles. The lowest BCUT2D eigenvalue weighted by molar-refractivity contribution is 0.442. The van der Waals surface area contributed by atoms with E-state index in [-0.39, 0.29) is 5.82 Å². The molecule has 106 valence electrons. The number of piperidine rings is 1. The van der Waals surface area contributed by atoms with Crippen LogP contribution in [0, 0.1) is 11.7 Å². The molecule has 0 spiro atoms. The van der Waals surface area contributed by atoms with Crippen molar-refractivity contribution in [2.75, 3.05) is 24.5 Å². The zero-order valence-electron chi connectivity index (χ0n) is 12.1. The van der Waals surface area contributed by atoms with E-state index < -0.39 is 0 Å². The van der Waals surface area contributed by atoms with Gasteiger partial charge in [-0.3, -0.25) is 0 Å². The molecule has 2 rings (SSSR count). The molecule has 1 aliphatic heterocycles. The first-order valence-electron chi connectivity index (χ1n) is 7.44. The topological polar surface area (TPSA) is 15.3 Å². The lowest BCUT2D eigenvalue weighted by atomic mass is 9.99. The number of nitrogens with one attached hydrogen (secondary N) is 1. The van der Waals surface area contributed by atoms with Crippen LogP contribution in [0.5, 0.6) is 0 Å². The van der Waals surface area contributed by atoms with Gasteiger partial charge in [0, 0.05) is 19.6 Å². The highest BCUT2D eigenvalue weighted by Gasteiger charge is 2.19. The highest BCUT2D eigenvalue weighted by atomic mass is 19.1. The zero-order valence-corrected chi connectivity index (χ0v) is 12.1. The third-order valence-electron chi connectivity index (χ3n) is 3.76. The number of hydrogen-bond donors (Lipinski definition) is 1. The van der Waals surface area contributed by atoms with Crippen molar-refractivity contribution in [3.63, 3.8) is 0 Å². The van der Waals surface area contributed by atoms with Crippen LogP contribution in [0.3, 0.4) is 0 Å². The zero-order chi connectivity index (χ0) is 13.7. The van der Waals surface area contributed by atoms with E-state index in [0.29, 0.717) is 5.92 Å². The Labute approximate surface area is 116 Å². The van der Waals surface area contributed by atoms with Gasteiger partial charge in [0.15, 0.2) is 0 Å². The van der Waals surface area contributed by atoms with E-state index >= 15 is 0 Å². The summed E-state index contributed by atoms with van der Waals surface area (Å²) < 4.78 is 14.0. The fourth-order valence-corrected chi connectivity index (χ4v) is 2.73. The van der Waals surface area contributed by atoms with Gasteiger partial charge >= 0.3 is 0 Å². The summed E-state index contributed by atoms with van der Waals surface area (Å²) in [5.74, 6) is 0.573. The van der Waals surface area contributed by atoms with Gasteiger partial charge in [-0.2, -0.15) is 0 Å². The Balaban J connectivity index is 2.07. The number of rotatable bonds is 5. The second-order valence-electron chi connectivity index (χ2n) is 5.66. The average molecular weight is 264 g/mol. The van der Waals surface area contributed by atoms with Crippen molar-refractivity contribution in [2.24, 2.45) is 5.92 Å². The number of nitrogens with zero attached hydrogens (tertiary/aromatic N) is 1. The first-order valence-corrected chi connectivity index (χ1v) is 7.44. The van der Waals surface area contributed by atoms with Gasteiger partial charge in [-0.15, -0.1) is 0 Å². The summed E-state index contributed by atoms with van der Waals surface area (Å²) in [5, 5.41) is 3.37. The van der Waals surface area contributed by atoms with Crippen LogP contribution < -0.4 is 10.2 Å². The minimum Gasteiger partial charge on any atom is -0.369 e.